The van der Waals surface area contributed by atoms with E-state index in [-0.39, 0.29) is 18.3 Å². The minimum absolute atomic E-state index is 0.0470. The number of benzene rings is 1. The third-order valence-corrected chi connectivity index (χ3v) is 3.58. The van der Waals surface area contributed by atoms with Crippen molar-refractivity contribution in [2.75, 3.05) is 32.9 Å². The van der Waals surface area contributed by atoms with Crippen LogP contribution in [-0.2, 0) is 25.7 Å². The van der Waals surface area contributed by atoms with Crippen molar-refractivity contribution in [3.8, 4) is 0 Å². The Labute approximate surface area is 131 Å². The van der Waals surface area contributed by atoms with Crippen molar-refractivity contribution in [2.45, 2.75) is 25.9 Å². The summed E-state index contributed by atoms with van der Waals surface area (Å²) in [4.78, 5) is 25.4. The molecule has 0 atom stereocenters. The third kappa shape index (κ3) is 5.95. The molecule has 1 aliphatic rings. The van der Waals surface area contributed by atoms with Crippen molar-refractivity contribution >= 4 is 11.7 Å². The van der Waals surface area contributed by atoms with Gasteiger partial charge in [-0.3, -0.25) is 9.59 Å². The van der Waals surface area contributed by atoms with Gasteiger partial charge in [0.15, 0.2) is 5.78 Å². The number of amides is 1. The lowest BCUT2D eigenvalue weighted by molar-refractivity contribution is -0.135. The van der Waals surface area contributed by atoms with Crippen molar-refractivity contribution in [3.63, 3.8) is 0 Å². The fourth-order valence-corrected chi connectivity index (χ4v) is 2.34. The van der Waals surface area contributed by atoms with Gasteiger partial charge in [0.25, 0.3) is 0 Å². The van der Waals surface area contributed by atoms with Crippen LogP contribution in [0.5, 0.6) is 0 Å². The van der Waals surface area contributed by atoms with Crippen molar-refractivity contribution < 1.29 is 19.1 Å². The average molecular weight is 305 g/mol. The van der Waals surface area contributed by atoms with Crippen LogP contribution in [0, 0.1) is 0 Å². The first-order chi connectivity index (χ1) is 10.8. The fourth-order valence-electron chi connectivity index (χ4n) is 2.34. The molecule has 1 fully saturated rings. The number of rotatable bonds is 8. The molecular weight excluding hydrogens is 282 g/mol. The fraction of sp³-hybridized carbons (Fsp3) is 0.529. The van der Waals surface area contributed by atoms with Gasteiger partial charge in [0.1, 0.15) is 6.61 Å². The second-order valence-corrected chi connectivity index (χ2v) is 5.36. The maximum atomic E-state index is 11.9. The summed E-state index contributed by atoms with van der Waals surface area (Å²) in [6, 6.07) is 9.76. The summed E-state index contributed by atoms with van der Waals surface area (Å²) in [5, 5.41) is 0. The lowest BCUT2D eigenvalue weighted by atomic mass is 10.1. The summed E-state index contributed by atoms with van der Waals surface area (Å²) in [6.07, 6.45) is 1.40. The van der Waals surface area contributed by atoms with E-state index < -0.39 is 0 Å². The first-order valence-corrected chi connectivity index (χ1v) is 7.74. The number of morpholine rings is 1. The number of carbonyl (C=O) groups is 2. The predicted octanol–water partition coefficient (Wildman–Crippen LogP) is 1.80. The van der Waals surface area contributed by atoms with Crippen LogP contribution in [0.1, 0.15) is 24.8 Å². The van der Waals surface area contributed by atoms with Crippen molar-refractivity contribution in [1.82, 2.24) is 4.90 Å². The Kier molecular flexibility index (Phi) is 7.06. The van der Waals surface area contributed by atoms with E-state index in [4.69, 9.17) is 9.47 Å². The summed E-state index contributed by atoms with van der Waals surface area (Å²) in [5.41, 5.74) is 1.05. The van der Waals surface area contributed by atoms with Gasteiger partial charge >= 0.3 is 0 Å². The Morgan fingerprint density at radius 2 is 1.82 bits per heavy atom. The van der Waals surface area contributed by atoms with Crippen molar-refractivity contribution in [1.29, 1.82) is 0 Å². The highest BCUT2D eigenvalue weighted by molar-refractivity contribution is 5.81. The highest BCUT2D eigenvalue weighted by Gasteiger charge is 2.16. The Bertz CT molecular complexity index is 469. The zero-order valence-electron chi connectivity index (χ0n) is 12.8. The minimum Gasteiger partial charge on any atom is -0.378 e. The summed E-state index contributed by atoms with van der Waals surface area (Å²) in [5.74, 6) is 0.159. The smallest absolute Gasteiger partial charge is 0.222 e. The molecule has 22 heavy (non-hydrogen) atoms. The monoisotopic (exact) mass is 305 g/mol. The molecule has 1 amide bonds. The van der Waals surface area contributed by atoms with Crippen LogP contribution in [0.25, 0.3) is 0 Å². The molecule has 1 aromatic rings. The van der Waals surface area contributed by atoms with Gasteiger partial charge in [-0.2, -0.15) is 0 Å². The van der Waals surface area contributed by atoms with Crippen LogP contribution in [-0.4, -0.2) is 49.5 Å². The van der Waals surface area contributed by atoms with Crippen molar-refractivity contribution in [3.05, 3.63) is 35.9 Å². The van der Waals surface area contributed by atoms with Gasteiger partial charge in [-0.1, -0.05) is 30.3 Å². The molecule has 1 heterocycles. The minimum atomic E-state index is 0.0470. The summed E-state index contributed by atoms with van der Waals surface area (Å²) >= 11 is 0. The van der Waals surface area contributed by atoms with E-state index in [2.05, 4.69) is 0 Å². The average Bonchev–Trinajstić information content (AvgIpc) is 2.56. The van der Waals surface area contributed by atoms with E-state index in [1.165, 1.54) is 0 Å². The van der Waals surface area contributed by atoms with E-state index in [0.29, 0.717) is 52.2 Å². The van der Waals surface area contributed by atoms with Crippen LogP contribution in [0.15, 0.2) is 30.3 Å². The maximum Gasteiger partial charge on any atom is 0.222 e. The molecule has 5 nitrogen and oxygen atoms in total. The summed E-state index contributed by atoms with van der Waals surface area (Å²) in [7, 11) is 0. The predicted molar refractivity (Wildman–Crippen MR) is 82.4 cm³/mol. The second kappa shape index (κ2) is 9.33. The van der Waals surface area contributed by atoms with E-state index in [0.717, 1.165) is 5.56 Å². The van der Waals surface area contributed by atoms with Gasteiger partial charge in [-0.05, 0) is 12.0 Å². The van der Waals surface area contributed by atoms with E-state index in [1.807, 2.05) is 30.3 Å². The van der Waals surface area contributed by atoms with Crippen LogP contribution in [0.4, 0.5) is 0 Å². The van der Waals surface area contributed by atoms with Crippen molar-refractivity contribution in [2.24, 2.45) is 0 Å². The largest absolute Gasteiger partial charge is 0.378 e. The molecule has 5 heteroatoms. The third-order valence-electron chi connectivity index (χ3n) is 3.58. The molecule has 0 unspecified atom stereocenters. The van der Waals surface area contributed by atoms with E-state index in [1.54, 1.807) is 4.90 Å². The van der Waals surface area contributed by atoms with Gasteiger partial charge < -0.3 is 14.4 Å². The van der Waals surface area contributed by atoms with Crippen LogP contribution < -0.4 is 0 Å². The van der Waals surface area contributed by atoms with Crippen LogP contribution in [0.2, 0.25) is 0 Å². The molecule has 120 valence electrons. The zero-order valence-corrected chi connectivity index (χ0v) is 12.8. The Hall–Kier alpha value is -1.72. The highest BCUT2D eigenvalue weighted by Crippen LogP contribution is 2.06. The number of nitrogens with zero attached hydrogens (tertiary/aromatic N) is 1. The quantitative estimate of drug-likeness (QED) is 0.735. The van der Waals surface area contributed by atoms with E-state index in [9.17, 15) is 9.59 Å². The normalized spacial score (nSPS) is 14.8. The number of Topliss-reactive ketones (excluding diaryl/α,β-unsaturated/α-hetero) is 1. The topological polar surface area (TPSA) is 55.8 Å². The van der Waals surface area contributed by atoms with Crippen LogP contribution in [0.3, 0.4) is 0 Å². The molecular formula is C17H23NO4. The summed E-state index contributed by atoms with van der Waals surface area (Å²) < 4.78 is 10.6. The molecule has 1 aromatic carbocycles. The molecule has 2 rings (SSSR count). The molecule has 0 bridgehead atoms. The standard InChI is InChI=1S/C17H23NO4/c19-16(14-22-13-15-5-2-1-3-6-15)7-4-8-17(20)18-9-11-21-12-10-18/h1-3,5-6H,4,7-14H2. The maximum absolute atomic E-state index is 11.9. The molecule has 0 N–H and O–H groups in total. The Morgan fingerprint density at radius 1 is 1.09 bits per heavy atom. The summed E-state index contributed by atoms with van der Waals surface area (Å²) in [6.45, 7) is 3.09. The van der Waals surface area contributed by atoms with Gasteiger partial charge in [-0.25, -0.2) is 0 Å². The molecule has 1 aliphatic heterocycles. The van der Waals surface area contributed by atoms with E-state index >= 15 is 0 Å². The van der Waals surface area contributed by atoms with Gasteiger partial charge in [0.05, 0.1) is 19.8 Å². The number of hydrogen-bond donors (Lipinski definition) is 0. The molecule has 0 spiro atoms. The first-order valence-electron chi connectivity index (χ1n) is 7.74. The van der Waals surface area contributed by atoms with Gasteiger partial charge in [0.2, 0.25) is 5.91 Å². The molecule has 0 radical (unpaired) electrons. The lowest BCUT2D eigenvalue weighted by Gasteiger charge is -2.26. The van der Waals surface area contributed by atoms with Gasteiger partial charge in [0, 0.05) is 25.9 Å². The van der Waals surface area contributed by atoms with Gasteiger partial charge in [-0.15, -0.1) is 0 Å². The number of carbonyl (C=O) groups excluding carboxylic acids is 2. The SMILES string of the molecule is O=C(CCCC(=O)N1CCOCC1)COCc1ccccc1. The number of ether oxygens (including phenoxy) is 2. The number of hydrogen-bond acceptors (Lipinski definition) is 4. The molecule has 0 saturated carbocycles. The first kappa shape index (κ1) is 16.6. The highest BCUT2D eigenvalue weighted by atomic mass is 16.5. The second-order valence-electron chi connectivity index (χ2n) is 5.36. The molecule has 0 aliphatic carbocycles. The Balaban J connectivity index is 1.54. The lowest BCUT2D eigenvalue weighted by Crippen LogP contribution is -2.40. The zero-order chi connectivity index (χ0) is 15.6. The Morgan fingerprint density at radius 3 is 2.55 bits per heavy atom. The molecule has 0 aromatic heterocycles. The molecule has 1 saturated heterocycles. The number of ketones is 1. The van der Waals surface area contributed by atoms with Crippen LogP contribution >= 0.6 is 0 Å².